The van der Waals surface area contributed by atoms with Gasteiger partial charge in [0.25, 0.3) is 11.8 Å². The molecule has 2 aromatic carbocycles. The first-order valence-corrected chi connectivity index (χ1v) is 8.52. The summed E-state index contributed by atoms with van der Waals surface area (Å²) in [6, 6.07) is 10.8. The number of amides is 2. The van der Waals surface area contributed by atoms with Gasteiger partial charge in [0, 0.05) is 24.9 Å². The molecule has 2 aliphatic rings. The molecule has 0 fully saturated rings. The van der Waals surface area contributed by atoms with Crippen LogP contribution in [0.25, 0.3) is 0 Å². The van der Waals surface area contributed by atoms with Gasteiger partial charge in [-0.25, -0.2) is 0 Å². The van der Waals surface area contributed by atoms with Gasteiger partial charge in [0.05, 0.1) is 0 Å². The number of rotatable bonds is 4. The first kappa shape index (κ1) is 17.5. The third kappa shape index (κ3) is 4.10. The maximum absolute atomic E-state index is 11.8. The molecule has 142 valence electrons. The molecule has 0 atom stereocenters. The number of carbonyl (C=O) groups excluding carboxylic acids is 2. The molecule has 0 radical (unpaired) electrons. The molecule has 0 bridgehead atoms. The molecule has 8 heteroatoms. The second-order valence-electron chi connectivity index (χ2n) is 5.99. The molecule has 2 N–H and O–H groups in total. The average Bonchev–Trinajstić information content (AvgIpc) is 3.37. The highest BCUT2D eigenvalue weighted by Crippen LogP contribution is 2.33. The number of hydrogen-bond acceptors (Lipinski definition) is 6. The van der Waals surface area contributed by atoms with Crippen LogP contribution in [0, 0.1) is 11.8 Å². The Morgan fingerprint density at radius 1 is 0.714 bits per heavy atom. The van der Waals surface area contributed by atoms with E-state index in [0.717, 1.165) is 11.1 Å². The lowest BCUT2D eigenvalue weighted by atomic mass is 10.2. The van der Waals surface area contributed by atoms with Crippen LogP contribution in [0.3, 0.4) is 0 Å². The zero-order valence-electron chi connectivity index (χ0n) is 14.7. The van der Waals surface area contributed by atoms with Crippen LogP contribution >= 0.6 is 0 Å². The van der Waals surface area contributed by atoms with Crippen molar-refractivity contribution in [3.8, 4) is 34.8 Å². The highest BCUT2D eigenvalue weighted by Gasteiger charge is 2.14. The van der Waals surface area contributed by atoms with Crippen LogP contribution in [-0.4, -0.2) is 25.4 Å². The van der Waals surface area contributed by atoms with Gasteiger partial charge in [0.2, 0.25) is 13.6 Å². The van der Waals surface area contributed by atoms with Crippen LogP contribution in [0.15, 0.2) is 36.4 Å². The fourth-order valence-corrected chi connectivity index (χ4v) is 2.67. The maximum Gasteiger partial charge on any atom is 0.296 e. The predicted molar refractivity (Wildman–Crippen MR) is 96.6 cm³/mol. The standard InChI is InChI=1S/C20H16N2O6/c23-19(21-9-13-1-3-15-17(7-13)27-11-25-15)5-6-20(24)22-10-14-2-4-16-18(8-14)28-12-26-16/h1-4,7-8H,9-12H2,(H,21,23)(H,22,24). The molecule has 0 aromatic heterocycles. The van der Waals surface area contributed by atoms with Crippen LogP contribution in [0.5, 0.6) is 23.0 Å². The predicted octanol–water partition coefficient (Wildman–Crippen LogP) is 1.08. The smallest absolute Gasteiger partial charge is 0.296 e. The molecule has 0 saturated carbocycles. The molecule has 8 nitrogen and oxygen atoms in total. The van der Waals surface area contributed by atoms with Crippen LogP contribution in [0.1, 0.15) is 11.1 Å². The maximum atomic E-state index is 11.8. The van der Waals surface area contributed by atoms with Crippen molar-refractivity contribution in [3.05, 3.63) is 47.5 Å². The highest BCUT2D eigenvalue weighted by atomic mass is 16.7. The zero-order valence-corrected chi connectivity index (χ0v) is 14.7. The Morgan fingerprint density at radius 3 is 1.61 bits per heavy atom. The number of carbonyl (C=O) groups is 2. The molecule has 4 rings (SSSR count). The second-order valence-corrected chi connectivity index (χ2v) is 5.99. The van der Waals surface area contributed by atoms with Crippen LogP contribution in [-0.2, 0) is 22.7 Å². The van der Waals surface area contributed by atoms with Gasteiger partial charge in [0.15, 0.2) is 23.0 Å². The Labute approximate surface area is 160 Å². The van der Waals surface area contributed by atoms with Gasteiger partial charge in [-0.3, -0.25) is 9.59 Å². The van der Waals surface area contributed by atoms with E-state index in [4.69, 9.17) is 18.9 Å². The number of ether oxygens (including phenoxy) is 4. The highest BCUT2D eigenvalue weighted by molar-refractivity contribution is 6.02. The fraction of sp³-hybridized carbons (Fsp3) is 0.200. The van der Waals surface area contributed by atoms with Crippen molar-refractivity contribution < 1.29 is 28.5 Å². The van der Waals surface area contributed by atoms with E-state index in [-0.39, 0.29) is 26.7 Å². The second kappa shape index (κ2) is 7.80. The molecule has 0 saturated heterocycles. The normalized spacial score (nSPS) is 12.7. The van der Waals surface area contributed by atoms with E-state index < -0.39 is 11.8 Å². The first-order valence-electron chi connectivity index (χ1n) is 8.52. The molecule has 2 heterocycles. The van der Waals surface area contributed by atoms with Gasteiger partial charge in [0.1, 0.15) is 0 Å². The summed E-state index contributed by atoms with van der Waals surface area (Å²) in [5, 5.41) is 5.26. The third-order valence-corrected chi connectivity index (χ3v) is 4.07. The molecular weight excluding hydrogens is 364 g/mol. The van der Waals surface area contributed by atoms with Gasteiger partial charge in [-0.1, -0.05) is 12.1 Å². The quantitative estimate of drug-likeness (QED) is 0.771. The average molecular weight is 380 g/mol. The number of fused-ring (bicyclic) bond motifs is 2. The van der Waals surface area contributed by atoms with Crippen molar-refractivity contribution in [1.29, 1.82) is 0 Å². The summed E-state index contributed by atoms with van der Waals surface area (Å²) in [6.07, 6.45) is 0. The van der Waals surface area contributed by atoms with Gasteiger partial charge < -0.3 is 29.6 Å². The molecule has 2 aromatic rings. The Morgan fingerprint density at radius 2 is 1.14 bits per heavy atom. The Bertz CT molecular complexity index is 914. The zero-order chi connectivity index (χ0) is 19.3. The van der Waals surface area contributed by atoms with E-state index >= 15 is 0 Å². The summed E-state index contributed by atoms with van der Waals surface area (Å²) in [6.45, 7) is 0.919. The Kier molecular flexibility index (Phi) is 4.89. The minimum atomic E-state index is -0.545. The van der Waals surface area contributed by atoms with Gasteiger partial charge >= 0.3 is 0 Å². The third-order valence-electron chi connectivity index (χ3n) is 4.07. The van der Waals surface area contributed by atoms with Crippen molar-refractivity contribution in [2.45, 2.75) is 13.1 Å². The van der Waals surface area contributed by atoms with E-state index in [1.165, 1.54) is 0 Å². The fourth-order valence-electron chi connectivity index (χ4n) is 2.67. The molecule has 2 aliphatic heterocycles. The molecule has 2 amide bonds. The summed E-state index contributed by atoms with van der Waals surface area (Å²) in [5.74, 6) is 6.08. The molecule has 0 aliphatic carbocycles. The Hall–Kier alpha value is -3.86. The summed E-state index contributed by atoms with van der Waals surface area (Å²) >= 11 is 0. The first-order chi connectivity index (χ1) is 13.7. The molecule has 28 heavy (non-hydrogen) atoms. The molecule has 0 unspecified atom stereocenters. The van der Waals surface area contributed by atoms with E-state index in [0.29, 0.717) is 23.0 Å². The lowest BCUT2D eigenvalue weighted by Crippen LogP contribution is -2.23. The van der Waals surface area contributed by atoms with Crippen LogP contribution in [0.4, 0.5) is 0 Å². The largest absolute Gasteiger partial charge is 0.454 e. The number of benzene rings is 2. The lowest BCUT2D eigenvalue weighted by molar-refractivity contribution is -0.117. The Balaban J connectivity index is 1.24. The van der Waals surface area contributed by atoms with Crippen molar-refractivity contribution in [2.24, 2.45) is 0 Å². The van der Waals surface area contributed by atoms with E-state index in [1.807, 2.05) is 12.1 Å². The molecular formula is C20H16N2O6. The van der Waals surface area contributed by atoms with E-state index in [2.05, 4.69) is 22.5 Å². The van der Waals surface area contributed by atoms with E-state index in [9.17, 15) is 9.59 Å². The summed E-state index contributed by atoms with van der Waals surface area (Å²) in [4.78, 5) is 23.6. The van der Waals surface area contributed by atoms with E-state index in [1.54, 1.807) is 24.3 Å². The minimum Gasteiger partial charge on any atom is -0.454 e. The summed E-state index contributed by atoms with van der Waals surface area (Å²) in [5.41, 5.74) is 1.68. The van der Waals surface area contributed by atoms with Gasteiger partial charge in [-0.15, -0.1) is 0 Å². The summed E-state index contributed by atoms with van der Waals surface area (Å²) in [7, 11) is 0. The van der Waals surface area contributed by atoms with Crippen molar-refractivity contribution >= 4 is 11.8 Å². The van der Waals surface area contributed by atoms with Gasteiger partial charge in [-0.2, -0.15) is 0 Å². The number of hydrogen-bond donors (Lipinski definition) is 2. The number of nitrogens with one attached hydrogen (secondary N) is 2. The lowest BCUT2D eigenvalue weighted by Gasteiger charge is -2.03. The van der Waals surface area contributed by atoms with Crippen LogP contribution < -0.4 is 29.6 Å². The van der Waals surface area contributed by atoms with Crippen molar-refractivity contribution in [1.82, 2.24) is 10.6 Å². The SMILES string of the molecule is O=C(C#CC(=O)NCc1ccc2c(c1)OCO2)NCc1ccc2c(c1)OCO2. The minimum absolute atomic E-state index is 0.192. The monoisotopic (exact) mass is 380 g/mol. The molecule has 0 spiro atoms. The van der Waals surface area contributed by atoms with Crippen molar-refractivity contribution in [2.75, 3.05) is 13.6 Å². The van der Waals surface area contributed by atoms with Crippen LogP contribution in [0.2, 0.25) is 0 Å². The topological polar surface area (TPSA) is 95.1 Å². The summed E-state index contributed by atoms with van der Waals surface area (Å²) < 4.78 is 21.0. The van der Waals surface area contributed by atoms with Gasteiger partial charge in [-0.05, 0) is 35.4 Å². The van der Waals surface area contributed by atoms with Crippen molar-refractivity contribution in [3.63, 3.8) is 0 Å².